The molecular formula is C13H10N6O3. The standard InChI is InChI=1S/C13H10N6O3/c14-10-9(15-4-5-16-10)12(20)17-8-3-1-2-7(6-8)11-18-13(21)22-19-11/h1-6H,(H2,14,16)(H,17,20)(H,18,19,21). The molecule has 0 radical (unpaired) electrons. The number of nitrogens with one attached hydrogen (secondary N) is 2. The monoisotopic (exact) mass is 298 g/mol. The van der Waals surface area contributed by atoms with Gasteiger partial charge in [0.15, 0.2) is 17.3 Å². The van der Waals surface area contributed by atoms with Crippen molar-refractivity contribution < 1.29 is 9.32 Å². The maximum Gasteiger partial charge on any atom is 0.439 e. The van der Waals surface area contributed by atoms with Gasteiger partial charge in [0.1, 0.15) is 0 Å². The number of aromatic amines is 1. The van der Waals surface area contributed by atoms with E-state index in [1.165, 1.54) is 12.4 Å². The molecule has 4 N–H and O–H groups in total. The van der Waals surface area contributed by atoms with Crippen LogP contribution in [0.2, 0.25) is 0 Å². The van der Waals surface area contributed by atoms with E-state index >= 15 is 0 Å². The minimum atomic E-state index is -0.656. The number of carbonyl (C=O) groups excluding carboxylic acids is 1. The van der Waals surface area contributed by atoms with Crippen LogP contribution in [0.3, 0.4) is 0 Å². The summed E-state index contributed by atoms with van der Waals surface area (Å²) in [7, 11) is 0. The summed E-state index contributed by atoms with van der Waals surface area (Å²) in [4.78, 5) is 33.2. The lowest BCUT2D eigenvalue weighted by Gasteiger charge is -2.06. The largest absolute Gasteiger partial charge is 0.439 e. The Hall–Kier alpha value is -3.49. The van der Waals surface area contributed by atoms with Gasteiger partial charge >= 0.3 is 5.76 Å². The lowest BCUT2D eigenvalue weighted by Crippen LogP contribution is -2.16. The van der Waals surface area contributed by atoms with Crippen LogP contribution in [-0.2, 0) is 0 Å². The number of rotatable bonds is 3. The molecule has 2 heterocycles. The molecule has 0 saturated heterocycles. The Labute approximate surface area is 123 Å². The molecule has 110 valence electrons. The summed E-state index contributed by atoms with van der Waals surface area (Å²) in [6.45, 7) is 0. The van der Waals surface area contributed by atoms with Crippen molar-refractivity contribution in [3.8, 4) is 11.4 Å². The second-order valence-corrected chi connectivity index (χ2v) is 4.27. The number of hydrogen-bond acceptors (Lipinski definition) is 7. The minimum Gasteiger partial charge on any atom is -0.382 e. The maximum atomic E-state index is 12.1. The first-order valence-corrected chi connectivity index (χ1v) is 6.18. The van der Waals surface area contributed by atoms with Crippen molar-refractivity contribution >= 4 is 17.4 Å². The van der Waals surface area contributed by atoms with Crippen LogP contribution in [0.1, 0.15) is 10.5 Å². The molecule has 0 fully saturated rings. The number of carbonyl (C=O) groups is 1. The number of anilines is 2. The van der Waals surface area contributed by atoms with Crippen LogP contribution in [0.4, 0.5) is 11.5 Å². The highest BCUT2D eigenvalue weighted by molar-refractivity contribution is 6.05. The zero-order chi connectivity index (χ0) is 15.5. The van der Waals surface area contributed by atoms with E-state index in [1.54, 1.807) is 24.3 Å². The molecule has 0 atom stereocenters. The maximum absolute atomic E-state index is 12.1. The fraction of sp³-hybridized carbons (Fsp3) is 0. The summed E-state index contributed by atoms with van der Waals surface area (Å²) < 4.78 is 4.44. The van der Waals surface area contributed by atoms with E-state index in [1.807, 2.05) is 0 Å². The van der Waals surface area contributed by atoms with Crippen molar-refractivity contribution in [2.45, 2.75) is 0 Å². The molecule has 22 heavy (non-hydrogen) atoms. The number of benzene rings is 1. The molecule has 0 aliphatic heterocycles. The smallest absolute Gasteiger partial charge is 0.382 e. The van der Waals surface area contributed by atoms with Crippen LogP contribution < -0.4 is 16.8 Å². The lowest BCUT2D eigenvalue weighted by molar-refractivity contribution is 0.102. The molecule has 2 aromatic heterocycles. The number of hydrogen-bond donors (Lipinski definition) is 3. The quantitative estimate of drug-likeness (QED) is 0.645. The van der Waals surface area contributed by atoms with Crippen molar-refractivity contribution in [2.24, 2.45) is 0 Å². The first-order valence-electron chi connectivity index (χ1n) is 6.18. The first-order chi connectivity index (χ1) is 10.6. The number of H-pyrrole nitrogens is 1. The number of aromatic nitrogens is 4. The topological polar surface area (TPSA) is 140 Å². The van der Waals surface area contributed by atoms with Crippen molar-refractivity contribution in [1.29, 1.82) is 0 Å². The Morgan fingerprint density at radius 3 is 2.82 bits per heavy atom. The van der Waals surface area contributed by atoms with Gasteiger partial charge in [-0.3, -0.25) is 14.3 Å². The Balaban J connectivity index is 1.86. The van der Waals surface area contributed by atoms with Gasteiger partial charge in [-0.05, 0) is 12.1 Å². The molecule has 1 amide bonds. The Morgan fingerprint density at radius 1 is 1.27 bits per heavy atom. The summed E-state index contributed by atoms with van der Waals surface area (Å²) in [5, 5.41) is 6.22. The van der Waals surface area contributed by atoms with E-state index in [0.29, 0.717) is 11.3 Å². The third-order valence-corrected chi connectivity index (χ3v) is 2.78. The van der Waals surface area contributed by atoms with E-state index in [0.717, 1.165) is 0 Å². The van der Waals surface area contributed by atoms with E-state index in [4.69, 9.17) is 5.73 Å². The average molecular weight is 298 g/mol. The third kappa shape index (κ3) is 2.68. The Morgan fingerprint density at radius 2 is 2.09 bits per heavy atom. The zero-order valence-corrected chi connectivity index (χ0v) is 11.1. The van der Waals surface area contributed by atoms with Gasteiger partial charge in [-0.25, -0.2) is 14.8 Å². The first kappa shape index (κ1) is 13.5. The van der Waals surface area contributed by atoms with E-state index in [-0.39, 0.29) is 17.3 Å². The van der Waals surface area contributed by atoms with Crippen molar-refractivity contribution in [2.75, 3.05) is 11.1 Å². The Bertz CT molecular complexity index is 885. The van der Waals surface area contributed by atoms with E-state index in [9.17, 15) is 9.59 Å². The van der Waals surface area contributed by atoms with Crippen LogP contribution in [-0.4, -0.2) is 26.0 Å². The van der Waals surface area contributed by atoms with Crippen molar-refractivity contribution in [3.63, 3.8) is 0 Å². The molecule has 0 unspecified atom stereocenters. The molecule has 9 nitrogen and oxygen atoms in total. The van der Waals surface area contributed by atoms with Gasteiger partial charge in [-0.2, -0.15) is 0 Å². The van der Waals surface area contributed by atoms with Gasteiger partial charge in [0, 0.05) is 23.6 Å². The van der Waals surface area contributed by atoms with Crippen LogP contribution in [0.5, 0.6) is 0 Å². The highest BCUT2D eigenvalue weighted by atomic mass is 16.5. The zero-order valence-electron chi connectivity index (χ0n) is 11.1. The second kappa shape index (κ2) is 5.48. The average Bonchev–Trinajstić information content (AvgIpc) is 2.94. The summed E-state index contributed by atoms with van der Waals surface area (Å²) in [5.41, 5.74) is 6.69. The van der Waals surface area contributed by atoms with Gasteiger partial charge in [-0.1, -0.05) is 17.3 Å². The van der Waals surface area contributed by atoms with Gasteiger partial charge in [-0.15, -0.1) is 0 Å². The van der Waals surface area contributed by atoms with Crippen LogP contribution in [0.25, 0.3) is 11.4 Å². The molecule has 0 saturated carbocycles. The fourth-order valence-corrected chi connectivity index (χ4v) is 1.81. The summed E-state index contributed by atoms with van der Waals surface area (Å²) in [5.74, 6) is -0.842. The van der Waals surface area contributed by atoms with Crippen molar-refractivity contribution in [3.05, 3.63) is 52.9 Å². The molecule has 3 rings (SSSR count). The lowest BCUT2D eigenvalue weighted by atomic mass is 10.2. The summed E-state index contributed by atoms with van der Waals surface area (Å²) in [6.07, 6.45) is 2.77. The molecule has 0 aliphatic carbocycles. The van der Waals surface area contributed by atoms with Gasteiger partial charge in [0.05, 0.1) is 0 Å². The molecular weight excluding hydrogens is 288 g/mol. The predicted molar refractivity (Wildman–Crippen MR) is 77.0 cm³/mol. The Kier molecular flexibility index (Phi) is 3.36. The highest BCUT2D eigenvalue weighted by Gasteiger charge is 2.13. The van der Waals surface area contributed by atoms with Gasteiger partial charge < -0.3 is 11.1 Å². The van der Waals surface area contributed by atoms with E-state index in [2.05, 4.69) is 29.9 Å². The SMILES string of the molecule is Nc1nccnc1C(=O)Nc1cccc(-c2noc(=O)[nH]2)c1. The third-order valence-electron chi connectivity index (χ3n) is 2.78. The molecule has 3 aromatic rings. The molecule has 0 bridgehead atoms. The normalized spacial score (nSPS) is 10.4. The molecule has 0 aliphatic rings. The van der Waals surface area contributed by atoms with Crippen LogP contribution in [0, 0.1) is 0 Å². The van der Waals surface area contributed by atoms with Gasteiger partial charge in [0.2, 0.25) is 0 Å². The molecule has 0 spiro atoms. The number of amides is 1. The molecule has 9 heteroatoms. The summed E-state index contributed by atoms with van der Waals surface area (Å²) >= 11 is 0. The minimum absolute atomic E-state index is 0.0303. The predicted octanol–water partition coefficient (Wildman–Crippen LogP) is 0.654. The van der Waals surface area contributed by atoms with E-state index < -0.39 is 11.7 Å². The number of nitrogens with zero attached hydrogens (tertiary/aromatic N) is 3. The van der Waals surface area contributed by atoms with Crippen molar-refractivity contribution in [1.82, 2.24) is 20.1 Å². The second-order valence-electron chi connectivity index (χ2n) is 4.27. The number of nitrogen functional groups attached to an aromatic ring is 1. The number of nitrogens with two attached hydrogens (primary N) is 1. The van der Waals surface area contributed by atoms with Gasteiger partial charge in [0.25, 0.3) is 5.91 Å². The fourth-order valence-electron chi connectivity index (χ4n) is 1.81. The highest BCUT2D eigenvalue weighted by Crippen LogP contribution is 2.19. The van der Waals surface area contributed by atoms with Crippen LogP contribution in [0.15, 0.2) is 46.0 Å². The molecule has 1 aromatic carbocycles. The summed E-state index contributed by atoms with van der Waals surface area (Å²) in [6, 6.07) is 6.70. The van der Waals surface area contributed by atoms with Crippen LogP contribution >= 0.6 is 0 Å².